The van der Waals surface area contributed by atoms with Crippen LogP contribution in [0.3, 0.4) is 0 Å². The number of likely N-dealkylation sites (tertiary alicyclic amines) is 1. The molecule has 0 unspecified atom stereocenters. The van der Waals surface area contributed by atoms with E-state index >= 15 is 0 Å². The van der Waals surface area contributed by atoms with E-state index in [2.05, 4.69) is 23.2 Å². The van der Waals surface area contributed by atoms with Gasteiger partial charge in [0.15, 0.2) is 11.5 Å². The molecule has 140 valence electrons. The van der Waals surface area contributed by atoms with Crippen molar-refractivity contribution in [1.82, 2.24) is 9.88 Å². The average molecular weight is 355 g/mol. The maximum absolute atomic E-state index is 5.55. The zero-order chi connectivity index (χ0) is 18.1. The highest BCUT2D eigenvalue weighted by Crippen LogP contribution is 2.40. The number of hydrogen-bond donors (Lipinski definition) is 1. The predicted octanol–water partition coefficient (Wildman–Crippen LogP) is 3.64. The molecular weight excluding hydrogens is 326 g/mol. The minimum absolute atomic E-state index is 0.493. The van der Waals surface area contributed by atoms with Crippen LogP contribution in [0.2, 0.25) is 0 Å². The van der Waals surface area contributed by atoms with E-state index in [0.29, 0.717) is 6.04 Å². The Hall–Kier alpha value is -2.01. The number of benzene rings is 1. The van der Waals surface area contributed by atoms with Gasteiger partial charge in [0.25, 0.3) is 0 Å². The van der Waals surface area contributed by atoms with E-state index < -0.39 is 0 Å². The number of pyridine rings is 1. The van der Waals surface area contributed by atoms with Crippen LogP contribution in [-0.2, 0) is 12.8 Å². The molecule has 2 heterocycles. The third-order valence-electron chi connectivity index (χ3n) is 5.82. The van der Waals surface area contributed by atoms with Crippen LogP contribution in [0.1, 0.15) is 37.4 Å². The maximum atomic E-state index is 5.55. The van der Waals surface area contributed by atoms with Crippen molar-refractivity contribution in [2.45, 2.75) is 45.1 Å². The van der Waals surface area contributed by atoms with Crippen molar-refractivity contribution in [2.24, 2.45) is 0 Å². The lowest BCUT2D eigenvalue weighted by Gasteiger charge is -2.33. The van der Waals surface area contributed by atoms with Crippen LogP contribution >= 0.6 is 0 Å². The van der Waals surface area contributed by atoms with Crippen LogP contribution in [0.5, 0.6) is 11.5 Å². The van der Waals surface area contributed by atoms with E-state index in [1.165, 1.54) is 42.8 Å². The first kappa shape index (κ1) is 17.4. The highest BCUT2D eigenvalue weighted by Gasteiger charge is 2.25. The quantitative estimate of drug-likeness (QED) is 0.887. The Balaban J connectivity index is 1.78. The number of hydrogen-bond acceptors (Lipinski definition) is 5. The van der Waals surface area contributed by atoms with Gasteiger partial charge < -0.3 is 19.7 Å². The summed E-state index contributed by atoms with van der Waals surface area (Å²) in [5, 5.41) is 5.05. The molecule has 4 rings (SSSR count). The Labute approximate surface area is 155 Å². The summed E-state index contributed by atoms with van der Waals surface area (Å²) in [6, 6.07) is 4.59. The molecule has 0 saturated carbocycles. The second-order valence-electron chi connectivity index (χ2n) is 7.37. The molecule has 0 radical (unpaired) electrons. The van der Waals surface area contributed by atoms with Crippen molar-refractivity contribution >= 4 is 16.6 Å². The summed E-state index contributed by atoms with van der Waals surface area (Å²) >= 11 is 0. The lowest BCUT2D eigenvalue weighted by Crippen LogP contribution is -2.42. The summed E-state index contributed by atoms with van der Waals surface area (Å²) in [4.78, 5) is 7.47. The standard InChI is InChI=1S/C21H29N3O2/c1-4-24-10-6-7-14(13-24)22-21-15-8-5-9-17(15)23-18-12-20(26-3)19(25-2)11-16(18)21/h11-12,14H,4-10,13H2,1-3H3,(H,22,23)/t14-/m1/s1. The Kier molecular flexibility index (Phi) is 4.90. The summed E-state index contributed by atoms with van der Waals surface area (Å²) in [5.41, 5.74) is 4.91. The smallest absolute Gasteiger partial charge is 0.162 e. The highest BCUT2D eigenvalue weighted by atomic mass is 16.5. The topological polar surface area (TPSA) is 46.6 Å². The molecule has 1 aromatic heterocycles. The number of likely N-dealkylation sites (N-methyl/N-ethyl adjacent to an activating group) is 1. The zero-order valence-corrected chi connectivity index (χ0v) is 16.1. The van der Waals surface area contributed by atoms with E-state index in [-0.39, 0.29) is 0 Å². The average Bonchev–Trinajstić information content (AvgIpc) is 3.15. The van der Waals surface area contributed by atoms with Crippen LogP contribution in [0.15, 0.2) is 12.1 Å². The van der Waals surface area contributed by atoms with Crippen molar-refractivity contribution in [3.05, 3.63) is 23.4 Å². The first-order valence-corrected chi connectivity index (χ1v) is 9.79. The van der Waals surface area contributed by atoms with Gasteiger partial charge in [0, 0.05) is 35.4 Å². The monoisotopic (exact) mass is 355 g/mol. The van der Waals surface area contributed by atoms with E-state index in [9.17, 15) is 0 Å². The number of fused-ring (bicyclic) bond motifs is 2. The van der Waals surface area contributed by atoms with Gasteiger partial charge in [-0.05, 0) is 56.8 Å². The molecule has 0 bridgehead atoms. The fraction of sp³-hybridized carbons (Fsp3) is 0.571. The molecule has 2 aliphatic rings. The molecule has 1 fully saturated rings. The van der Waals surface area contributed by atoms with E-state index in [4.69, 9.17) is 14.5 Å². The van der Waals surface area contributed by atoms with Gasteiger partial charge in [-0.15, -0.1) is 0 Å². The maximum Gasteiger partial charge on any atom is 0.162 e. The van der Waals surface area contributed by atoms with Crippen molar-refractivity contribution < 1.29 is 9.47 Å². The molecule has 1 N–H and O–H groups in total. The molecule has 1 saturated heterocycles. The zero-order valence-electron chi connectivity index (χ0n) is 16.1. The molecule has 5 heteroatoms. The van der Waals surface area contributed by atoms with Gasteiger partial charge in [-0.25, -0.2) is 0 Å². The van der Waals surface area contributed by atoms with Gasteiger partial charge in [-0.3, -0.25) is 4.98 Å². The normalized spacial score (nSPS) is 20.2. The summed E-state index contributed by atoms with van der Waals surface area (Å²) < 4.78 is 11.0. The number of methoxy groups -OCH3 is 2. The number of nitrogens with zero attached hydrogens (tertiary/aromatic N) is 2. The summed E-state index contributed by atoms with van der Waals surface area (Å²) in [6.07, 6.45) is 5.85. The Morgan fingerprint density at radius 1 is 1.15 bits per heavy atom. The van der Waals surface area contributed by atoms with Gasteiger partial charge in [0.1, 0.15) is 0 Å². The number of aryl methyl sites for hydroxylation is 1. The molecule has 1 atom stereocenters. The van der Waals surface area contributed by atoms with Gasteiger partial charge in [0.2, 0.25) is 0 Å². The highest BCUT2D eigenvalue weighted by molar-refractivity contribution is 5.96. The molecule has 26 heavy (non-hydrogen) atoms. The molecule has 1 aromatic carbocycles. The Morgan fingerprint density at radius 2 is 1.96 bits per heavy atom. The Morgan fingerprint density at radius 3 is 2.73 bits per heavy atom. The lowest BCUT2D eigenvalue weighted by molar-refractivity contribution is 0.227. The van der Waals surface area contributed by atoms with Crippen LogP contribution in [0.25, 0.3) is 10.9 Å². The van der Waals surface area contributed by atoms with Crippen LogP contribution in [-0.4, -0.2) is 49.8 Å². The summed E-state index contributed by atoms with van der Waals surface area (Å²) in [7, 11) is 3.37. The summed E-state index contributed by atoms with van der Waals surface area (Å²) in [6.45, 7) is 5.70. The molecule has 0 spiro atoms. The minimum atomic E-state index is 0.493. The first-order valence-electron chi connectivity index (χ1n) is 9.79. The van der Waals surface area contributed by atoms with Crippen molar-refractivity contribution in [3.63, 3.8) is 0 Å². The van der Waals surface area contributed by atoms with E-state index in [1.807, 2.05) is 6.07 Å². The van der Waals surface area contributed by atoms with Crippen LogP contribution in [0, 0.1) is 0 Å². The second kappa shape index (κ2) is 7.31. The number of piperidine rings is 1. The third kappa shape index (κ3) is 3.09. The molecular formula is C21H29N3O2. The number of ether oxygens (including phenoxy) is 2. The fourth-order valence-electron chi connectivity index (χ4n) is 4.42. The molecule has 1 aliphatic carbocycles. The van der Waals surface area contributed by atoms with Gasteiger partial charge in [0.05, 0.1) is 19.7 Å². The molecule has 2 aromatic rings. The van der Waals surface area contributed by atoms with Gasteiger partial charge in [-0.1, -0.05) is 6.92 Å². The SMILES string of the molecule is CCN1CCC[C@@H](Nc2c3c(nc4cc(OC)c(OC)cc24)CCC3)C1. The van der Waals surface area contributed by atoms with E-state index in [0.717, 1.165) is 48.3 Å². The second-order valence-corrected chi connectivity index (χ2v) is 7.37. The Bertz CT molecular complexity index is 806. The number of nitrogens with one attached hydrogen (secondary N) is 1. The van der Waals surface area contributed by atoms with E-state index in [1.54, 1.807) is 14.2 Å². The molecule has 0 amide bonds. The van der Waals surface area contributed by atoms with Crippen molar-refractivity contribution in [3.8, 4) is 11.5 Å². The van der Waals surface area contributed by atoms with Crippen molar-refractivity contribution in [1.29, 1.82) is 0 Å². The van der Waals surface area contributed by atoms with Gasteiger partial charge >= 0.3 is 0 Å². The summed E-state index contributed by atoms with van der Waals surface area (Å²) in [5.74, 6) is 1.51. The minimum Gasteiger partial charge on any atom is -0.493 e. The molecule has 1 aliphatic heterocycles. The largest absolute Gasteiger partial charge is 0.493 e. The predicted molar refractivity (Wildman–Crippen MR) is 106 cm³/mol. The number of anilines is 1. The molecule has 5 nitrogen and oxygen atoms in total. The third-order valence-corrected chi connectivity index (χ3v) is 5.82. The van der Waals surface area contributed by atoms with Crippen LogP contribution in [0.4, 0.5) is 5.69 Å². The number of aromatic nitrogens is 1. The van der Waals surface area contributed by atoms with Crippen LogP contribution < -0.4 is 14.8 Å². The van der Waals surface area contributed by atoms with Gasteiger partial charge in [-0.2, -0.15) is 0 Å². The fourth-order valence-corrected chi connectivity index (χ4v) is 4.42. The first-order chi connectivity index (χ1) is 12.7. The van der Waals surface area contributed by atoms with Crippen molar-refractivity contribution in [2.75, 3.05) is 39.2 Å². The number of rotatable bonds is 5. The lowest BCUT2D eigenvalue weighted by atomic mass is 10.0.